The Bertz CT molecular complexity index is 750. The highest BCUT2D eigenvalue weighted by atomic mass is 79.9. The third-order valence-corrected chi connectivity index (χ3v) is 4.75. The van der Waals surface area contributed by atoms with E-state index in [1.807, 2.05) is 42.2 Å². The van der Waals surface area contributed by atoms with Gasteiger partial charge in [-0.2, -0.15) is 0 Å². The van der Waals surface area contributed by atoms with Gasteiger partial charge in [-0.05, 0) is 55.7 Å². The van der Waals surface area contributed by atoms with Crippen molar-refractivity contribution < 1.29 is 9.18 Å². The van der Waals surface area contributed by atoms with Crippen LogP contribution in [0.15, 0.2) is 46.9 Å². The fourth-order valence-electron chi connectivity index (χ4n) is 3.05. The van der Waals surface area contributed by atoms with Crippen molar-refractivity contribution in [1.82, 2.24) is 4.90 Å². The molecule has 3 rings (SSSR count). The van der Waals surface area contributed by atoms with E-state index in [0.717, 1.165) is 29.4 Å². The fraction of sp³-hybridized carbons (Fsp3) is 0.316. The number of carbonyl (C=O) groups is 1. The molecule has 1 aliphatic heterocycles. The molecule has 0 spiro atoms. The van der Waals surface area contributed by atoms with E-state index in [4.69, 9.17) is 0 Å². The molecule has 1 aliphatic rings. The van der Waals surface area contributed by atoms with E-state index in [2.05, 4.69) is 21.2 Å². The SMILES string of the molecule is Cc1ccc(F)c(NC2CCCN(C(=O)c3cccc(Br)c3)C2)c1. The number of aryl methyl sites for hydroxylation is 1. The van der Waals surface area contributed by atoms with E-state index in [-0.39, 0.29) is 17.8 Å². The molecule has 0 aromatic heterocycles. The van der Waals surface area contributed by atoms with Crippen LogP contribution in [0.25, 0.3) is 0 Å². The van der Waals surface area contributed by atoms with E-state index in [0.29, 0.717) is 17.8 Å². The molecule has 0 bridgehead atoms. The molecular formula is C19H20BrFN2O. The van der Waals surface area contributed by atoms with Gasteiger partial charge in [0.05, 0.1) is 5.69 Å². The summed E-state index contributed by atoms with van der Waals surface area (Å²) >= 11 is 3.40. The van der Waals surface area contributed by atoms with E-state index < -0.39 is 0 Å². The van der Waals surface area contributed by atoms with Crippen molar-refractivity contribution in [2.24, 2.45) is 0 Å². The summed E-state index contributed by atoms with van der Waals surface area (Å²) in [6, 6.07) is 12.5. The van der Waals surface area contributed by atoms with E-state index in [1.54, 1.807) is 6.07 Å². The number of piperidine rings is 1. The Labute approximate surface area is 150 Å². The highest BCUT2D eigenvalue weighted by Gasteiger charge is 2.25. The number of rotatable bonds is 3. The Kier molecular flexibility index (Phi) is 5.19. The summed E-state index contributed by atoms with van der Waals surface area (Å²) in [6.45, 7) is 3.26. The van der Waals surface area contributed by atoms with Gasteiger partial charge in [-0.15, -0.1) is 0 Å². The normalized spacial score (nSPS) is 17.6. The second kappa shape index (κ2) is 7.34. The van der Waals surface area contributed by atoms with Crippen LogP contribution in [0.4, 0.5) is 10.1 Å². The molecule has 0 saturated carbocycles. The topological polar surface area (TPSA) is 32.3 Å². The molecule has 24 heavy (non-hydrogen) atoms. The molecule has 1 amide bonds. The first-order valence-electron chi connectivity index (χ1n) is 8.10. The quantitative estimate of drug-likeness (QED) is 0.829. The lowest BCUT2D eigenvalue weighted by Gasteiger charge is -2.34. The van der Waals surface area contributed by atoms with Crippen LogP contribution in [0.1, 0.15) is 28.8 Å². The van der Waals surface area contributed by atoms with Gasteiger partial charge in [0, 0.05) is 29.2 Å². The minimum atomic E-state index is -0.254. The molecule has 2 aromatic carbocycles. The molecule has 1 fully saturated rings. The van der Waals surface area contributed by atoms with Crippen LogP contribution in [0.3, 0.4) is 0 Å². The lowest BCUT2D eigenvalue weighted by atomic mass is 10.0. The summed E-state index contributed by atoms with van der Waals surface area (Å²) in [4.78, 5) is 14.5. The Morgan fingerprint density at radius 2 is 2.12 bits per heavy atom. The molecule has 1 atom stereocenters. The Hall–Kier alpha value is -1.88. The van der Waals surface area contributed by atoms with Gasteiger partial charge >= 0.3 is 0 Å². The summed E-state index contributed by atoms with van der Waals surface area (Å²) in [7, 11) is 0. The number of hydrogen-bond acceptors (Lipinski definition) is 2. The smallest absolute Gasteiger partial charge is 0.253 e. The van der Waals surface area contributed by atoms with Gasteiger partial charge in [0.25, 0.3) is 5.91 Å². The van der Waals surface area contributed by atoms with E-state index in [1.165, 1.54) is 6.07 Å². The lowest BCUT2D eigenvalue weighted by Crippen LogP contribution is -2.45. The second-order valence-corrected chi connectivity index (χ2v) is 7.14. The first-order valence-corrected chi connectivity index (χ1v) is 8.90. The number of anilines is 1. The van der Waals surface area contributed by atoms with E-state index in [9.17, 15) is 9.18 Å². The highest BCUT2D eigenvalue weighted by Crippen LogP contribution is 2.22. The highest BCUT2D eigenvalue weighted by molar-refractivity contribution is 9.10. The van der Waals surface area contributed by atoms with Gasteiger partial charge in [0.15, 0.2) is 0 Å². The van der Waals surface area contributed by atoms with Gasteiger partial charge in [0.1, 0.15) is 5.82 Å². The first kappa shape index (κ1) is 17.0. The van der Waals surface area contributed by atoms with Crippen molar-refractivity contribution >= 4 is 27.5 Å². The maximum Gasteiger partial charge on any atom is 0.253 e. The molecule has 1 heterocycles. The summed E-state index contributed by atoms with van der Waals surface area (Å²) in [6.07, 6.45) is 1.83. The fourth-order valence-corrected chi connectivity index (χ4v) is 3.45. The number of nitrogens with zero attached hydrogens (tertiary/aromatic N) is 1. The van der Waals surface area contributed by atoms with Crippen molar-refractivity contribution in [2.75, 3.05) is 18.4 Å². The van der Waals surface area contributed by atoms with Crippen molar-refractivity contribution in [3.63, 3.8) is 0 Å². The van der Waals surface area contributed by atoms with Gasteiger partial charge in [0.2, 0.25) is 0 Å². The van der Waals surface area contributed by atoms with Crippen LogP contribution in [-0.4, -0.2) is 29.9 Å². The molecule has 1 unspecified atom stereocenters. The van der Waals surface area contributed by atoms with Crippen LogP contribution in [0.2, 0.25) is 0 Å². The van der Waals surface area contributed by atoms with Crippen molar-refractivity contribution in [1.29, 1.82) is 0 Å². The minimum Gasteiger partial charge on any atom is -0.378 e. The monoisotopic (exact) mass is 390 g/mol. The maximum absolute atomic E-state index is 13.9. The number of likely N-dealkylation sites (tertiary alicyclic amines) is 1. The summed E-state index contributed by atoms with van der Waals surface area (Å²) in [5.74, 6) is -0.233. The molecule has 1 N–H and O–H groups in total. The van der Waals surface area contributed by atoms with Gasteiger partial charge in [-0.1, -0.05) is 28.1 Å². The Balaban J connectivity index is 1.70. The van der Waals surface area contributed by atoms with Gasteiger partial charge in [-0.3, -0.25) is 4.79 Å². The van der Waals surface area contributed by atoms with Crippen LogP contribution in [0.5, 0.6) is 0 Å². The molecule has 0 radical (unpaired) electrons. The lowest BCUT2D eigenvalue weighted by molar-refractivity contribution is 0.0714. The predicted molar refractivity (Wildman–Crippen MR) is 97.8 cm³/mol. The van der Waals surface area contributed by atoms with Crippen molar-refractivity contribution in [3.8, 4) is 0 Å². The molecule has 126 valence electrons. The van der Waals surface area contributed by atoms with Crippen LogP contribution < -0.4 is 5.32 Å². The number of carbonyl (C=O) groups excluding carboxylic acids is 1. The molecular weight excluding hydrogens is 371 g/mol. The number of amides is 1. The van der Waals surface area contributed by atoms with Crippen LogP contribution in [-0.2, 0) is 0 Å². The maximum atomic E-state index is 13.9. The average Bonchev–Trinajstić information content (AvgIpc) is 2.58. The van der Waals surface area contributed by atoms with Crippen molar-refractivity contribution in [3.05, 3.63) is 63.9 Å². The Morgan fingerprint density at radius 1 is 1.29 bits per heavy atom. The second-order valence-electron chi connectivity index (χ2n) is 6.23. The summed E-state index contributed by atoms with van der Waals surface area (Å²) < 4.78 is 14.8. The zero-order valence-corrected chi connectivity index (χ0v) is 15.1. The number of benzene rings is 2. The molecule has 0 aliphatic carbocycles. The predicted octanol–water partition coefficient (Wildman–Crippen LogP) is 4.61. The molecule has 2 aromatic rings. The molecule has 3 nitrogen and oxygen atoms in total. The Morgan fingerprint density at radius 3 is 2.92 bits per heavy atom. The number of hydrogen-bond donors (Lipinski definition) is 1. The summed E-state index contributed by atoms with van der Waals surface area (Å²) in [5, 5.41) is 3.26. The minimum absolute atomic E-state index is 0.0208. The number of nitrogens with one attached hydrogen (secondary N) is 1. The van der Waals surface area contributed by atoms with Gasteiger partial charge in [-0.25, -0.2) is 4.39 Å². The zero-order chi connectivity index (χ0) is 17.1. The first-order chi connectivity index (χ1) is 11.5. The van der Waals surface area contributed by atoms with Crippen LogP contribution >= 0.6 is 15.9 Å². The van der Waals surface area contributed by atoms with E-state index >= 15 is 0 Å². The third-order valence-electron chi connectivity index (χ3n) is 4.26. The number of halogens is 2. The van der Waals surface area contributed by atoms with Crippen molar-refractivity contribution in [2.45, 2.75) is 25.8 Å². The zero-order valence-electron chi connectivity index (χ0n) is 13.6. The largest absolute Gasteiger partial charge is 0.378 e. The average molecular weight is 391 g/mol. The third kappa shape index (κ3) is 3.96. The molecule has 5 heteroatoms. The van der Waals surface area contributed by atoms with Gasteiger partial charge < -0.3 is 10.2 Å². The summed E-state index contributed by atoms with van der Waals surface area (Å²) in [5.41, 5.74) is 2.19. The molecule has 1 saturated heterocycles. The van der Waals surface area contributed by atoms with Crippen LogP contribution in [0, 0.1) is 12.7 Å². The standard InChI is InChI=1S/C19H20BrFN2O/c1-13-7-8-17(21)18(10-13)22-16-6-3-9-23(12-16)19(24)14-4-2-5-15(20)11-14/h2,4-5,7-8,10-11,16,22H,3,6,9,12H2,1H3.